The van der Waals surface area contributed by atoms with E-state index >= 15 is 0 Å². The average Bonchev–Trinajstić information content (AvgIpc) is 3.22. The molecule has 2 amide bonds. The molecule has 146 valence electrons. The van der Waals surface area contributed by atoms with E-state index in [1.807, 2.05) is 17.0 Å². The lowest BCUT2D eigenvalue weighted by atomic mass is 9.82. The molecule has 2 bridgehead atoms. The maximum atomic E-state index is 13.6. The normalized spacial score (nSPS) is 29.6. The van der Waals surface area contributed by atoms with Crippen molar-refractivity contribution in [3.05, 3.63) is 24.5 Å². The fourth-order valence-corrected chi connectivity index (χ4v) is 4.94. The minimum absolute atomic E-state index is 0.0896. The van der Waals surface area contributed by atoms with E-state index in [0.717, 1.165) is 57.5 Å². The minimum atomic E-state index is -0.187. The summed E-state index contributed by atoms with van der Waals surface area (Å²) in [6, 6.07) is 3.89. The third-order valence-electron chi connectivity index (χ3n) is 6.43. The average molecular weight is 371 g/mol. The largest absolute Gasteiger partial charge is 0.359 e. The molecule has 1 aromatic rings. The molecule has 0 saturated carbocycles. The van der Waals surface area contributed by atoms with E-state index in [0.29, 0.717) is 5.92 Å². The van der Waals surface area contributed by atoms with Crippen LogP contribution in [0.25, 0.3) is 0 Å². The third kappa shape index (κ3) is 3.65. The molecule has 7 heteroatoms. The first-order valence-electron chi connectivity index (χ1n) is 10.1. The van der Waals surface area contributed by atoms with Gasteiger partial charge in [0.2, 0.25) is 11.8 Å². The predicted octanol–water partition coefficient (Wildman–Crippen LogP) is 0.719. The van der Waals surface area contributed by atoms with Gasteiger partial charge in [-0.25, -0.2) is 0 Å². The number of rotatable bonds is 5. The van der Waals surface area contributed by atoms with Gasteiger partial charge in [-0.1, -0.05) is 0 Å². The highest BCUT2D eigenvalue weighted by atomic mass is 16.2. The first-order valence-corrected chi connectivity index (χ1v) is 10.1. The number of fused-ring (bicyclic) bond motifs is 3. The fraction of sp³-hybridized carbons (Fsp3) is 0.650. The number of likely N-dealkylation sites (N-methyl/N-ethyl adjacent to an activating group) is 1. The van der Waals surface area contributed by atoms with Gasteiger partial charge in [0.1, 0.15) is 6.04 Å². The predicted molar refractivity (Wildman–Crippen MR) is 103 cm³/mol. The van der Waals surface area contributed by atoms with Crippen molar-refractivity contribution in [3.63, 3.8) is 0 Å². The first-order chi connectivity index (χ1) is 13.2. The van der Waals surface area contributed by atoms with E-state index < -0.39 is 0 Å². The van der Waals surface area contributed by atoms with Crippen LogP contribution in [0.15, 0.2) is 24.5 Å². The van der Waals surface area contributed by atoms with Crippen LogP contribution in [0.3, 0.4) is 0 Å². The van der Waals surface area contributed by atoms with Crippen LogP contribution in [0.5, 0.6) is 0 Å². The highest BCUT2D eigenvalue weighted by Gasteiger charge is 2.43. The van der Waals surface area contributed by atoms with Crippen molar-refractivity contribution in [1.29, 1.82) is 0 Å². The first kappa shape index (κ1) is 18.2. The Morgan fingerprint density at radius 1 is 1.19 bits per heavy atom. The molecule has 4 aliphatic heterocycles. The number of piperidine rings is 3. The maximum absolute atomic E-state index is 13.6. The standard InChI is InChI=1S/C20H29N5O2/c1-21-19(26)14-25(18-13-23-11-6-15(18)7-12-23)20(27)17-3-2-10-24(17)16-4-8-22-9-5-16/h4-5,8-9,15,17-18H,2-3,6-7,10-14H2,1H3,(H,21,26). The van der Waals surface area contributed by atoms with Crippen LogP contribution >= 0.6 is 0 Å². The van der Waals surface area contributed by atoms with Gasteiger partial charge < -0.3 is 20.0 Å². The second kappa shape index (κ2) is 7.84. The molecule has 4 aliphatic rings. The Morgan fingerprint density at radius 3 is 2.56 bits per heavy atom. The molecule has 5 heterocycles. The topological polar surface area (TPSA) is 68.8 Å². The lowest BCUT2D eigenvalue weighted by Crippen LogP contribution is -2.62. The molecule has 2 atom stereocenters. The SMILES string of the molecule is CNC(=O)CN(C(=O)C1CCCN1c1ccncc1)C1CN2CCC1CC2. The number of carbonyl (C=O) groups is 2. The molecule has 4 fully saturated rings. The summed E-state index contributed by atoms with van der Waals surface area (Å²) in [5.41, 5.74) is 1.04. The molecule has 0 aromatic carbocycles. The van der Waals surface area contributed by atoms with Gasteiger partial charge >= 0.3 is 0 Å². The molecule has 4 saturated heterocycles. The summed E-state index contributed by atoms with van der Waals surface area (Å²) in [5.74, 6) is 0.527. The number of carbonyl (C=O) groups excluding carboxylic acids is 2. The minimum Gasteiger partial charge on any atom is -0.359 e. The van der Waals surface area contributed by atoms with Crippen molar-refractivity contribution in [2.24, 2.45) is 5.92 Å². The highest BCUT2D eigenvalue weighted by Crippen LogP contribution is 2.33. The van der Waals surface area contributed by atoms with Crippen molar-refractivity contribution >= 4 is 17.5 Å². The number of amides is 2. The van der Waals surface area contributed by atoms with E-state index in [1.54, 1.807) is 19.4 Å². The van der Waals surface area contributed by atoms with Gasteiger partial charge in [-0.2, -0.15) is 0 Å². The van der Waals surface area contributed by atoms with E-state index in [1.165, 1.54) is 0 Å². The van der Waals surface area contributed by atoms with Gasteiger partial charge in [-0.15, -0.1) is 0 Å². The van der Waals surface area contributed by atoms with Gasteiger partial charge in [0.05, 0.1) is 6.54 Å². The number of nitrogens with zero attached hydrogens (tertiary/aromatic N) is 4. The summed E-state index contributed by atoms with van der Waals surface area (Å²) in [7, 11) is 1.64. The molecule has 1 N–H and O–H groups in total. The van der Waals surface area contributed by atoms with Gasteiger partial charge in [0.25, 0.3) is 0 Å². The van der Waals surface area contributed by atoms with Crippen LogP contribution in [-0.4, -0.2) is 78.5 Å². The number of nitrogens with one attached hydrogen (secondary N) is 1. The number of anilines is 1. The summed E-state index contributed by atoms with van der Waals surface area (Å²) in [6.07, 6.45) is 7.62. The Hall–Kier alpha value is -2.15. The third-order valence-corrected chi connectivity index (χ3v) is 6.43. The van der Waals surface area contributed by atoms with Gasteiger partial charge in [0, 0.05) is 44.3 Å². The van der Waals surface area contributed by atoms with Crippen molar-refractivity contribution in [2.75, 3.05) is 44.7 Å². The summed E-state index contributed by atoms with van der Waals surface area (Å²) >= 11 is 0. The van der Waals surface area contributed by atoms with Gasteiger partial charge in [-0.3, -0.25) is 14.6 Å². The van der Waals surface area contributed by atoms with Crippen molar-refractivity contribution in [3.8, 4) is 0 Å². The quantitative estimate of drug-likeness (QED) is 0.826. The summed E-state index contributed by atoms with van der Waals surface area (Å²) in [6.45, 7) is 4.17. The van der Waals surface area contributed by atoms with Crippen LogP contribution < -0.4 is 10.2 Å². The highest BCUT2D eigenvalue weighted by molar-refractivity contribution is 5.90. The van der Waals surface area contributed by atoms with Crippen molar-refractivity contribution in [2.45, 2.75) is 37.8 Å². The van der Waals surface area contributed by atoms with Crippen LogP contribution in [0.1, 0.15) is 25.7 Å². The zero-order valence-electron chi connectivity index (χ0n) is 16.0. The zero-order valence-corrected chi connectivity index (χ0v) is 16.0. The van der Waals surface area contributed by atoms with Crippen molar-refractivity contribution < 1.29 is 9.59 Å². The molecule has 0 radical (unpaired) electrons. The monoisotopic (exact) mass is 371 g/mol. The summed E-state index contributed by atoms with van der Waals surface area (Å²) in [5, 5.41) is 2.70. The Labute approximate surface area is 160 Å². The second-order valence-electron chi connectivity index (χ2n) is 7.90. The molecule has 1 aromatic heterocycles. The molecule has 5 rings (SSSR count). The molecule has 2 unspecified atom stereocenters. The van der Waals surface area contributed by atoms with Crippen LogP contribution in [0.2, 0.25) is 0 Å². The van der Waals surface area contributed by atoms with Crippen LogP contribution in [0.4, 0.5) is 5.69 Å². The van der Waals surface area contributed by atoms with Crippen LogP contribution in [-0.2, 0) is 9.59 Å². The number of hydrogen-bond donors (Lipinski definition) is 1. The smallest absolute Gasteiger partial charge is 0.246 e. The van der Waals surface area contributed by atoms with Crippen molar-refractivity contribution in [1.82, 2.24) is 20.1 Å². The lowest BCUT2D eigenvalue weighted by molar-refractivity contribution is -0.143. The number of hydrogen-bond acceptors (Lipinski definition) is 5. The Morgan fingerprint density at radius 2 is 1.93 bits per heavy atom. The number of aromatic nitrogens is 1. The van der Waals surface area contributed by atoms with E-state index in [4.69, 9.17) is 0 Å². The van der Waals surface area contributed by atoms with Crippen LogP contribution in [0, 0.1) is 5.92 Å². The molecule has 27 heavy (non-hydrogen) atoms. The lowest BCUT2D eigenvalue weighted by Gasteiger charge is -2.49. The molecule has 0 spiro atoms. The molecular weight excluding hydrogens is 342 g/mol. The van der Waals surface area contributed by atoms with E-state index in [2.05, 4.69) is 20.1 Å². The number of pyridine rings is 1. The summed E-state index contributed by atoms with van der Waals surface area (Å²) in [4.78, 5) is 36.4. The Balaban J connectivity index is 1.57. The maximum Gasteiger partial charge on any atom is 0.246 e. The van der Waals surface area contributed by atoms with Gasteiger partial charge in [-0.05, 0) is 56.8 Å². The molecular formula is C20H29N5O2. The zero-order chi connectivity index (χ0) is 18.8. The molecule has 0 aliphatic carbocycles. The van der Waals surface area contributed by atoms with E-state index in [9.17, 15) is 9.59 Å². The summed E-state index contributed by atoms with van der Waals surface area (Å²) < 4.78 is 0. The fourth-order valence-electron chi connectivity index (χ4n) is 4.94. The molecule has 7 nitrogen and oxygen atoms in total. The Kier molecular flexibility index (Phi) is 5.29. The van der Waals surface area contributed by atoms with E-state index in [-0.39, 0.29) is 30.4 Å². The van der Waals surface area contributed by atoms with Gasteiger partial charge in [0.15, 0.2) is 0 Å². The Bertz CT molecular complexity index is 674. The second-order valence-corrected chi connectivity index (χ2v) is 7.90.